The van der Waals surface area contributed by atoms with Crippen LogP contribution in [0.3, 0.4) is 0 Å². The molecule has 2 N–H and O–H groups in total. The van der Waals surface area contributed by atoms with Gasteiger partial charge in [-0.25, -0.2) is 4.68 Å². The molecule has 0 fully saturated rings. The van der Waals surface area contributed by atoms with Gasteiger partial charge in [-0.05, 0) is 37.1 Å². The predicted octanol–water partition coefficient (Wildman–Crippen LogP) is 2.11. The Labute approximate surface area is 112 Å². The molecule has 1 aromatic heterocycles. The number of nitriles is 1. The summed E-state index contributed by atoms with van der Waals surface area (Å²) in [5, 5.41) is 17.2. The van der Waals surface area contributed by atoms with E-state index in [4.69, 9.17) is 11.0 Å². The minimum absolute atomic E-state index is 0.0814. The summed E-state index contributed by atoms with van der Waals surface area (Å²) in [4.78, 5) is 0. The van der Waals surface area contributed by atoms with E-state index in [0.717, 1.165) is 29.9 Å². The quantitative estimate of drug-likeness (QED) is 0.907. The molecule has 0 saturated carbocycles. The Bertz CT molecular complexity index is 591. The SMILES string of the molecule is CCc1c(C(N)CC)nnn1-c1ccc(C#N)cc1. The maximum atomic E-state index is 8.81. The van der Waals surface area contributed by atoms with Crippen molar-refractivity contribution >= 4 is 0 Å². The first-order chi connectivity index (χ1) is 9.21. The van der Waals surface area contributed by atoms with Gasteiger partial charge in [0.15, 0.2) is 0 Å². The fraction of sp³-hybridized carbons (Fsp3) is 0.357. The Morgan fingerprint density at radius 2 is 2.00 bits per heavy atom. The average molecular weight is 255 g/mol. The molecule has 0 amide bonds. The number of nitrogens with zero attached hydrogens (tertiary/aromatic N) is 4. The van der Waals surface area contributed by atoms with Crippen molar-refractivity contribution < 1.29 is 0 Å². The number of rotatable bonds is 4. The number of aromatic nitrogens is 3. The lowest BCUT2D eigenvalue weighted by molar-refractivity contribution is 0.665. The van der Waals surface area contributed by atoms with Crippen molar-refractivity contribution in [1.82, 2.24) is 15.0 Å². The molecule has 2 aromatic rings. The minimum Gasteiger partial charge on any atom is -0.323 e. The molecule has 1 atom stereocenters. The lowest BCUT2D eigenvalue weighted by Crippen LogP contribution is -2.12. The highest BCUT2D eigenvalue weighted by atomic mass is 15.4. The summed E-state index contributed by atoms with van der Waals surface area (Å²) in [6.45, 7) is 4.09. The van der Waals surface area contributed by atoms with Crippen LogP contribution in [0.15, 0.2) is 24.3 Å². The van der Waals surface area contributed by atoms with Crippen LogP contribution in [-0.4, -0.2) is 15.0 Å². The van der Waals surface area contributed by atoms with Crippen LogP contribution in [0.25, 0.3) is 5.69 Å². The van der Waals surface area contributed by atoms with E-state index >= 15 is 0 Å². The zero-order chi connectivity index (χ0) is 13.8. The van der Waals surface area contributed by atoms with Crippen molar-refractivity contribution in [3.8, 4) is 11.8 Å². The van der Waals surface area contributed by atoms with E-state index in [-0.39, 0.29) is 6.04 Å². The average Bonchev–Trinajstić information content (AvgIpc) is 2.90. The molecule has 2 rings (SSSR count). The summed E-state index contributed by atoms with van der Waals surface area (Å²) < 4.78 is 1.80. The standard InChI is InChI=1S/C14H17N5/c1-3-12(16)14-13(4-2)19(18-17-14)11-7-5-10(9-15)6-8-11/h5-8,12H,3-4,16H2,1-2H3. The second kappa shape index (κ2) is 5.63. The Balaban J connectivity index is 2.44. The van der Waals surface area contributed by atoms with E-state index in [0.29, 0.717) is 5.56 Å². The second-order valence-electron chi connectivity index (χ2n) is 4.36. The third-order valence-corrected chi connectivity index (χ3v) is 3.16. The molecule has 0 aliphatic rings. The monoisotopic (exact) mass is 255 g/mol. The zero-order valence-electron chi connectivity index (χ0n) is 11.2. The van der Waals surface area contributed by atoms with Gasteiger partial charge in [-0.2, -0.15) is 5.26 Å². The first-order valence-electron chi connectivity index (χ1n) is 6.41. The molecule has 5 heteroatoms. The third kappa shape index (κ3) is 2.49. The van der Waals surface area contributed by atoms with E-state index in [1.165, 1.54) is 0 Å². The van der Waals surface area contributed by atoms with Crippen LogP contribution in [-0.2, 0) is 6.42 Å². The maximum absolute atomic E-state index is 8.81. The summed E-state index contributed by atoms with van der Waals surface area (Å²) in [7, 11) is 0. The van der Waals surface area contributed by atoms with Gasteiger partial charge in [-0.3, -0.25) is 0 Å². The van der Waals surface area contributed by atoms with Crippen LogP contribution in [0, 0.1) is 11.3 Å². The van der Waals surface area contributed by atoms with Gasteiger partial charge in [0, 0.05) is 0 Å². The molecule has 0 saturated heterocycles. The number of nitrogens with two attached hydrogens (primary N) is 1. The van der Waals surface area contributed by atoms with E-state index in [2.05, 4.69) is 23.3 Å². The van der Waals surface area contributed by atoms with E-state index in [1.807, 2.05) is 19.1 Å². The van der Waals surface area contributed by atoms with Gasteiger partial charge in [0.1, 0.15) is 5.69 Å². The first-order valence-corrected chi connectivity index (χ1v) is 6.41. The van der Waals surface area contributed by atoms with Crippen molar-refractivity contribution in [1.29, 1.82) is 5.26 Å². The van der Waals surface area contributed by atoms with E-state index in [1.54, 1.807) is 16.8 Å². The first kappa shape index (κ1) is 13.2. The Morgan fingerprint density at radius 3 is 2.53 bits per heavy atom. The van der Waals surface area contributed by atoms with Crippen molar-refractivity contribution in [3.05, 3.63) is 41.2 Å². The summed E-state index contributed by atoms with van der Waals surface area (Å²) >= 11 is 0. The highest BCUT2D eigenvalue weighted by molar-refractivity contribution is 5.40. The number of benzene rings is 1. The molecule has 5 nitrogen and oxygen atoms in total. The van der Waals surface area contributed by atoms with Crippen LogP contribution in [0.5, 0.6) is 0 Å². The van der Waals surface area contributed by atoms with E-state index in [9.17, 15) is 0 Å². The van der Waals surface area contributed by atoms with Gasteiger partial charge < -0.3 is 5.73 Å². The zero-order valence-corrected chi connectivity index (χ0v) is 11.2. The molecule has 1 aromatic carbocycles. The van der Waals surface area contributed by atoms with Crippen LogP contribution in [0.1, 0.15) is 43.3 Å². The Hall–Kier alpha value is -2.19. The molecule has 98 valence electrons. The van der Waals surface area contributed by atoms with Gasteiger partial charge in [-0.1, -0.05) is 19.1 Å². The second-order valence-corrected chi connectivity index (χ2v) is 4.36. The summed E-state index contributed by atoms with van der Waals surface area (Å²) in [5.41, 5.74) is 9.46. The summed E-state index contributed by atoms with van der Waals surface area (Å²) in [6.07, 6.45) is 1.65. The molecule has 0 radical (unpaired) electrons. The molecule has 1 unspecified atom stereocenters. The fourth-order valence-electron chi connectivity index (χ4n) is 2.01. The molecule has 0 aliphatic carbocycles. The van der Waals surface area contributed by atoms with Crippen LogP contribution < -0.4 is 5.73 Å². The van der Waals surface area contributed by atoms with Crippen LogP contribution in [0.4, 0.5) is 0 Å². The molecule has 19 heavy (non-hydrogen) atoms. The van der Waals surface area contributed by atoms with Crippen molar-refractivity contribution in [2.45, 2.75) is 32.7 Å². The number of hydrogen-bond acceptors (Lipinski definition) is 4. The van der Waals surface area contributed by atoms with Gasteiger partial charge >= 0.3 is 0 Å². The summed E-state index contributed by atoms with van der Waals surface area (Å²) in [6, 6.07) is 9.30. The fourth-order valence-corrected chi connectivity index (χ4v) is 2.01. The Kier molecular flexibility index (Phi) is 3.93. The molecular weight excluding hydrogens is 238 g/mol. The lowest BCUT2D eigenvalue weighted by Gasteiger charge is -2.09. The molecule has 0 aliphatic heterocycles. The van der Waals surface area contributed by atoms with Crippen molar-refractivity contribution in [2.24, 2.45) is 5.73 Å². The normalized spacial score (nSPS) is 12.1. The van der Waals surface area contributed by atoms with Crippen LogP contribution >= 0.6 is 0 Å². The minimum atomic E-state index is -0.0814. The topological polar surface area (TPSA) is 80.5 Å². The molecule has 0 spiro atoms. The van der Waals surface area contributed by atoms with E-state index < -0.39 is 0 Å². The van der Waals surface area contributed by atoms with Gasteiger partial charge in [0.05, 0.1) is 29.1 Å². The van der Waals surface area contributed by atoms with Gasteiger partial charge in [0.25, 0.3) is 0 Å². The lowest BCUT2D eigenvalue weighted by atomic mass is 10.1. The Morgan fingerprint density at radius 1 is 1.32 bits per heavy atom. The molecule has 0 bridgehead atoms. The predicted molar refractivity (Wildman–Crippen MR) is 72.7 cm³/mol. The number of hydrogen-bond donors (Lipinski definition) is 1. The third-order valence-electron chi connectivity index (χ3n) is 3.16. The van der Waals surface area contributed by atoms with Crippen molar-refractivity contribution in [3.63, 3.8) is 0 Å². The van der Waals surface area contributed by atoms with Crippen molar-refractivity contribution in [2.75, 3.05) is 0 Å². The smallest absolute Gasteiger partial charge is 0.103 e. The van der Waals surface area contributed by atoms with Gasteiger partial charge in [-0.15, -0.1) is 5.10 Å². The van der Waals surface area contributed by atoms with Crippen LogP contribution in [0.2, 0.25) is 0 Å². The molecular formula is C14H17N5. The highest BCUT2D eigenvalue weighted by Crippen LogP contribution is 2.20. The van der Waals surface area contributed by atoms with Gasteiger partial charge in [0.2, 0.25) is 0 Å². The maximum Gasteiger partial charge on any atom is 0.103 e. The summed E-state index contributed by atoms with van der Waals surface area (Å²) in [5.74, 6) is 0. The largest absolute Gasteiger partial charge is 0.323 e. The molecule has 1 heterocycles. The highest BCUT2D eigenvalue weighted by Gasteiger charge is 2.17.